The zero-order valence-corrected chi connectivity index (χ0v) is 12.9. The van der Waals surface area contributed by atoms with Crippen LogP contribution in [-0.4, -0.2) is 45.8 Å². The molecule has 0 radical (unpaired) electrons. The minimum Gasteiger partial charge on any atom is -0.469 e. The quantitative estimate of drug-likeness (QED) is 0.784. The molecule has 1 amide bonds. The van der Waals surface area contributed by atoms with Crippen LogP contribution in [0.15, 0.2) is 6.20 Å². The first-order chi connectivity index (χ1) is 9.24. The molecule has 6 nitrogen and oxygen atoms in total. The summed E-state index contributed by atoms with van der Waals surface area (Å²) in [5.74, 6) is 0.223. The average molecular weight is 320 g/mol. The number of rotatable bonds is 2. The Hall–Kier alpha value is -1.27. The second kappa shape index (κ2) is 5.61. The van der Waals surface area contributed by atoms with Gasteiger partial charge in [-0.05, 0) is 32.4 Å². The Bertz CT molecular complexity index is 513. The van der Waals surface area contributed by atoms with Crippen LogP contribution in [0.25, 0.3) is 0 Å². The molecule has 1 aliphatic heterocycles. The van der Waals surface area contributed by atoms with Crippen molar-refractivity contribution in [3.8, 4) is 5.88 Å². The van der Waals surface area contributed by atoms with E-state index >= 15 is 0 Å². The number of nitrogens with zero attached hydrogens (tertiary/aromatic N) is 3. The Morgan fingerprint density at radius 1 is 1.40 bits per heavy atom. The first-order valence-corrected chi connectivity index (χ1v) is 6.83. The smallest absolute Gasteiger partial charge is 0.410 e. The molecule has 0 aromatic carbocycles. The number of hydrogen-bond acceptors (Lipinski definition) is 5. The lowest BCUT2D eigenvalue weighted by molar-refractivity contribution is -0.0232. The fourth-order valence-corrected chi connectivity index (χ4v) is 1.82. The maximum absolute atomic E-state index is 11.7. The molecule has 2 rings (SSSR count). The average Bonchev–Trinajstić information content (AvgIpc) is 2.24. The molecule has 0 saturated carbocycles. The van der Waals surface area contributed by atoms with Crippen molar-refractivity contribution in [1.29, 1.82) is 0 Å². The van der Waals surface area contributed by atoms with Gasteiger partial charge >= 0.3 is 6.09 Å². The number of aromatic nitrogens is 2. The number of amides is 1. The highest BCUT2D eigenvalue weighted by molar-refractivity contribution is 6.32. The van der Waals surface area contributed by atoms with Gasteiger partial charge in [0.2, 0.25) is 11.2 Å². The van der Waals surface area contributed by atoms with E-state index in [1.165, 1.54) is 6.20 Å². The fraction of sp³-hybridized carbons (Fsp3) is 0.583. The maximum Gasteiger partial charge on any atom is 0.410 e. The Kier molecular flexibility index (Phi) is 4.25. The molecule has 0 unspecified atom stereocenters. The first kappa shape index (κ1) is 15.1. The van der Waals surface area contributed by atoms with Gasteiger partial charge in [-0.15, -0.1) is 0 Å². The van der Waals surface area contributed by atoms with Gasteiger partial charge in [-0.25, -0.2) is 9.78 Å². The summed E-state index contributed by atoms with van der Waals surface area (Å²) in [6, 6.07) is 0. The van der Waals surface area contributed by atoms with E-state index in [-0.39, 0.29) is 28.4 Å². The number of hydrogen-bond donors (Lipinski definition) is 0. The largest absolute Gasteiger partial charge is 0.469 e. The summed E-state index contributed by atoms with van der Waals surface area (Å²) in [5, 5.41) is 0.345. The molecule has 0 aliphatic carbocycles. The van der Waals surface area contributed by atoms with Crippen molar-refractivity contribution in [3.05, 3.63) is 16.5 Å². The highest BCUT2D eigenvalue weighted by atomic mass is 35.5. The summed E-state index contributed by atoms with van der Waals surface area (Å²) >= 11 is 11.6. The topological polar surface area (TPSA) is 64.5 Å². The summed E-state index contributed by atoms with van der Waals surface area (Å²) < 4.78 is 10.8. The number of carbonyl (C=O) groups is 1. The molecule has 1 aromatic heterocycles. The molecular formula is C12H15Cl2N3O3. The molecule has 1 aromatic rings. The Labute approximate surface area is 127 Å². The van der Waals surface area contributed by atoms with Crippen LogP contribution in [-0.2, 0) is 4.74 Å². The lowest BCUT2D eigenvalue weighted by Gasteiger charge is -2.39. The fourth-order valence-electron chi connectivity index (χ4n) is 1.56. The van der Waals surface area contributed by atoms with Gasteiger partial charge in [0.25, 0.3) is 0 Å². The van der Waals surface area contributed by atoms with Crippen LogP contribution < -0.4 is 4.74 Å². The van der Waals surface area contributed by atoms with Gasteiger partial charge in [-0.2, -0.15) is 4.98 Å². The number of likely N-dealkylation sites (tertiary alicyclic amines) is 1. The molecule has 1 aliphatic rings. The van der Waals surface area contributed by atoms with Crippen molar-refractivity contribution in [2.75, 3.05) is 13.1 Å². The third-order valence-corrected chi connectivity index (χ3v) is 2.90. The summed E-state index contributed by atoms with van der Waals surface area (Å²) in [6.45, 7) is 6.31. The van der Waals surface area contributed by atoms with E-state index in [4.69, 9.17) is 32.7 Å². The minimum atomic E-state index is -0.507. The van der Waals surface area contributed by atoms with Crippen molar-refractivity contribution in [2.24, 2.45) is 0 Å². The van der Waals surface area contributed by atoms with E-state index in [2.05, 4.69) is 9.97 Å². The zero-order valence-electron chi connectivity index (χ0n) is 11.4. The molecule has 0 spiro atoms. The summed E-state index contributed by atoms with van der Waals surface area (Å²) in [5.41, 5.74) is -0.507. The normalized spacial score (nSPS) is 15.8. The predicted octanol–water partition coefficient (Wildman–Crippen LogP) is 2.78. The summed E-state index contributed by atoms with van der Waals surface area (Å²) in [6.07, 6.45) is 0.839. The molecule has 110 valence electrons. The van der Waals surface area contributed by atoms with Crippen molar-refractivity contribution < 1.29 is 14.3 Å². The van der Waals surface area contributed by atoms with Crippen molar-refractivity contribution >= 4 is 29.3 Å². The van der Waals surface area contributed by atoms with Crippen LogP contribution >= 0.6 is 23.2 Å². The monoisotopic (exact) mass is 319 g/mol. The second-order valence-corrected chi connectivity index (χ2v) is 6.16. The van der Waals surface area contributed by atoms with Crippen molar-refractivity contribution in [3.63, 3.8) is 0 Å². The van der Waals surface area contributed by atoms with E-state index in [0.717, 1.165) is 0 Å². The van der Waals surface area contributed by atoms with Gasteiger partial charge in [0.15, 0.2) is 0 Å². The minimum absolute atomic E-state index is 0.0627. The van der Waals surface area contributed by atoms with Gasteiger partial charge in [-0.3, -0.25) is 0 Å². The molecular weight excluding hydrogens is 305 g/mol. The standard InChI is InChI=1S/C12H15Cl2N3O3/c1-12(2,3)20-11(18)17-5-7(6-17)19-9-8(13)4-15-10(14)16-9/h4,7H,5-6H2,1-3H3. The lowest BCUT2D eigenvalue weighted by atomic mass is 10.2. The zero-order chi connectivity index (χ0) is 14.9. The third kappa shape index (κ3) is 3.86. The number of carbonyl (C=O) groups excluding carboxylic acids is 1. The van der Waals surface area contributed by atoms with Gasteiger partial charge in [-0.1, -0.05) is 11.6 Å². The first-order valence-electron chi connectivity index (χ1n) is 6.07. The molecule has 0 bridgehead atoms. The third-order valence-electron chi connectivity index (χ3n) is 2.46. The van der Waals surface area contributed by atoms with E-state index in [9.17, 15) is 4.79 Å². The van der Waals surface area contributed by atoms with E-state index in [1.54, 1.807) is 4.90 Å². The van der Waals surface area contributed by atoms with Gasteiger partial charge in [0, 0.05) is 0 Å². The molecule has 1 saturated heterocycles. The Balaban J connectivity index is 1.85. The van der Waals surface area contributed by atoms with Crippen LogP contribution in [0.2, 0.25) is 10.3 Å². The van der Waals surface area contributed by atoms with Gasteiger partial charge in [0.05, 0.1) is 19.3 Å². The Morgan fingerprint density at radius 2 is 2.05 bits per heavy atom. The van der Waals surface area contributed by atoms with E-state index < -0.39 is 5.60 Å². The van der Waals surface area contributed by atoms with Crippen LogP contribution in [0.3, 0.4) is 0 Å². The van der Waals surface area contributed by atoms with E-state index in [1.807, 2.05) is 20.8 Å². The van der Waals surface area contributed by atoms with Crippen molar-refractivity contribution in [1.82, 2.24) is 14.9 Å². The van der Waals surface area contributed by atoms with Crippen LogP contribution in [0.1, 0.15) is 20.8 Å². The SMILES string of the molecule is CC(C)(C)OC(=O)N1CC(Oc2nc(Cl)ncc2Cl)C1. The summed E-state index contributed by atoms with van der Waals surface area (Å²) in [4.78, 5) is 20.9. The molecule has 1 fully saturated rings. The predicted molar refractivity (Wildman–Crippen MR) is 74.3 cm³/mol. The van der Waals surface area contributed by atoms with Crippen LogP contribution in [0.5, 0.6) is 5.88 Å². The molecule has 8 heteroatoms. The van der Waals surface area contributed by atoms with E-state index in [0.29, 0.717) is 13.1 Å². The second-order valence-electron chi connectivity index (χ2n) is 5.42. The maximum atomic E-state index is 11.7. The Morgan fingerprint density at radius 3 is 2.65 bits per heavy atom. The highest BCUT2D eigenvalue weighted by Crippen LogP contribution is 2.25. The molecule has 20 heavy (non-hydrogen) atoms. The number of ether oxygens (including phenoxy) is 2. The van der Waals surface area contributed by atoms with Crippen LogP contribution in [0, 0.1) is 0 Å². The van der Waals surface area contributed by atoms with Gasteiger partial charge in [0.1, 0.15) is 16.7 Å². The highest BCUT2D eigenvalue weighted by Gasteiger charge is 2.35. The van der Waals surface area contributed by atoms with Crippen molar-refractivity contribution in [2.45, 2.75) is 32.5 Å². The molecule has 0 atom stereocenters. The number of halogens is 2. The van der Waals surface area contributed by atoms with Crippen LogP contribution in [0.4, 0.5) is 4.79 Å². The lowest BCUT2D eigenvalue weighted by Crippen LogP contribution is -2.57. The summed E-state index contributed by atoms with van der Waals surface area (Å²) in [7, 11) is 0. The molecule has 0 N–H and O–H groups in total. The molecule has 2 heterocycles. The van der Waals surface area contributed by atoms with Gasteiger partial charge < -0.3 is 14.4 Å².